The molecule has 6 nitrogen and oxygen atoms in total. The zero-order chi connectivity index (χ0) is 17.0. The smallest absolute Gasteiger partial charge is 0.234 e. The number of nitrogens with zero attached hydrogens (tertiary/aromatic N) is 3. The van der Waals surface area contributed by atoms with Crippen molar-refractivity contribution >= 4 is 40.7 Å². The molecule has 0 saturated heterocycles. The fourth-order valence-electron chi connectivity index (χ4n) is 2.05. The lowest BCUT2D eigenvalue weighted by molar-refractivity contribution is -0.114. The molecule has 1 amide bonds. The first-order valence-corrected chi connectivity index (χ1v) is 8.60. The van der Waals surface area contributed by atoms with Crippen LogP contribution in [0, 0.1) is 13.8 Å². The van der Waals surface area contributed by atoms with E-state index in [4.69, 9.17) is 11.6 Å². The number of hydrogen-bond donors (Lipinski definition) is 2. The van der Waals surface area contributed by atoms with Gasteiger partial charge in [0.25, 0.3) is 0 Å². The molecule has 23 heavy (non-hydrogen) atoms. The fraction of sp³-hybridized carbons (Fsp3) is 0.467. The molecule has 2 aromatic rings. The second-order valence-corrected chi connectivity index (χ2v) is 6.79. The third-order valence-corrected chi connectivity index (χ3v) is 4.99. The van der Waals surface area contributed by atoms with Gasteiger partial charge >= 0.3 is 0 Å². The lowest BCUT2D eigenvalue weighted by Gasteiger charge is -2.14. The number of aryl methyl sites for hydroxylation is 3. The zero-order valence-corrected chi connectivity index (χ0v) is 15.2. The maximum Gasteiger partial charge on any atom is 0.234 e. The average molecular weight is 354 g/mol. The van der Waals surface area contributed by atoms with E-state index >= 15 is 0 Å². The highest BCUT2D eigenvalue weighted by Crippen LogP contribution is 2.28. The fourth-order valence-corrected chi connectivity index (χ4v) is 3.34. The van der Waals surface area contributed by atoms with E-state index in [9.17, 15) is 4.79 Å². The van der Waals surface area contributed by atoms with Crippen LogP contribution >= 0.6 is 22.9 Å². The van der Waals surface area contributed by atoms with Crippen LogP contribution in [0.2, 0.25) is 5.02 Å². The van der Waals surface area contributed by atoms with E-state index in [2.05, 4.69) is 37.9 Å². The minimum Gasteiger partial charge on any atom is -0.352 e. The number of nitrogens with one attached hydrogen (secondary N) is 2. The van der Waals surface area contributed by atoms with E-state index in [-0.39, 0.29) is 17.9 Å². The molecule has 124 valence electrons. The SMILES string of the molecule is CC(=O)Nc1nc(C)nc(NC(C)CCc2scc(C)c2Cl)n1. The number of hydrogen-bond acceptors (Lipinski definition) is 6. The molecule has 2 aromatic heterocycles. The highest BCUT2D eigenvalue weighted by Gasteiger charge is 2.11. The van der Waals surface area contributed by atoms with E-state index in [1.165, 1.54) is 11.8 Å². The lowest BCUT2D eigenvalue weighted by atomic mass is 10.1. The standard InChI is InChI=1S/C15H20ClN5OS/c1-8-7-23-12(13(8)16)6-5-9(2)17-14-18-10(3)19-15(21-14)20-11(4)22/h7,9H,5-6H2,1-4H3,(H2,17,18,19,20,21,22). The lowest BCUT2D eigenvalue weighted by Crippen LogP contribution is -2.20. The minimum absolute atomic E-state index is 0.167. The van der Waals surface area contributed by atoms with Gasteiger partial charge in [-0.3, -0.25) is 10.1 Å². The first-order valence-electron chi connectivity index (χ1n) is 7.34. The Morgan fingerprint density at radius 1 is 1.30 bits per heavy atom. The van der Waals surface area contributed by atoms with E-state index in [1.54, 1.807) is 18.3 Å². The Bertz CT molecular complexity index is 703. The number of aromatic nitrogens is 3. The van der Waals surface area contributed by atoms with Gasteiger partial charge in [0.05, 0.1) is 5.02 Å². The van der Waals surface area contributed by atoms with Gasteiger partial charge in [0.15, 0.2) is 0 Å². The molecule has 0 bridgehead atoms. The second kappa shape index (κ2) is 7.70. The number of carbonyl (C=O) groups excluding carboxylic acids is 1. The summed E-state index contributed by atoms with van der Waals surface area (Å²) in [5, 5.41) is 8.75. The van der Waals surface area contributed by atoms with E-state index < -0.39 is 0 Å². The van der Waals surface area contributed by atoms with Crippen molar-refractivity contribution in [2.45, 2.75) is 46.6 Å². The summed E-state index contributed by atoms with van der Waals surface area (Å²) in [6.07, 6.45) is 1.80. The normalized spacial score (nSPS) is 12.0. The molecule has 0 fully saturated rings. The summed E-state index contributed by atoms with van der Waals surface area (Å²) in [6.45, 7) is 7.26. The van der Waals surface area contributed by atoms with Crippen LogP contribution in [-0.2, 0) is 11.2 Å². The Morgan fingerprint density at radius 2 is 2.00 bits per heavy atom. The van der Waals surface area contributed by atoms with Gasteiger partial charge in [-0.2, -0.15) is 15.0 Å². The third kappa shape index (κ3) is 5.14. The predicted molar refractivity (Wildman–Crippen MR) is 94.3 cm³/mol. The highest BCUT2D eigenvalue weighted by molar-refractivity contribution is 7.10. The Morgan fingerprint density at radius 3 is 2.61 bits per heavy atom. The van der Waals surface area contributed by atoms with Crippen LogP contribution in [0.25, 0.3) is 0 Å². The van der Waals surface area contributed by atoms with Gasteiger partial charge < -0.3 is 5.32 Å². The molecule has 0 saturated carbocycles. The summed E-state index contributed by atoms with van der Waals surface area (Å²) in [4.78, 5) is 24.8. The first-order chi connectivity index (χ1) is 10.8. The molecule has 2 rings (SSSR count). The van der Waals surface area contributed by atoms with Crippen molar-refractivity contribution in [3.8, 4) is 0 Å². The number of carbonyl (C=O) groups is 1. The van der Waals surface area contributed by atoms with Gasteiger partial charge in [0.1, 0.15) is 5.82 Å². The van der Waals surface area contributed by atoms with Gasteiger partial charge in [0.2, 0.25) is 17.8 Å². The van der Waals surface area contributed by atoms with Gasteiger partial charge in [-0.15, -0.1) is 11.3 Å². The van der Waals surface area contributed by atoms with E-state index in [0.717, 1.165) is 23.4 Å². The Hall–Kier alpha value is -1.73. The van der Waals surface area contributed by atoms with Crippen LogP contribution in [0.15, 0.2) is 5.38 Å². The van der Waals surface area contributed by atoms with Crippen molar-refractivity contribution in [1.29, 1.82) is 0 Å². The summed E-state index contributed by atoms with van der Waals surface area (Å²) in [7, 11) is 0. The predicted octanol–water partition coefficient (Wildman–Crippen LogP) is 3.59. The number of anilines is 2. The number of thiophene rings is 1. The molecule has 1 atom stereocenters. The number of rotatable bonds is 6. The Balaban J connectivity index is 1.96. The molecule has 2 heterocycles. The van der Waals surface area contributed by atoms with Crippen molar-refractivity contribution in [1.82, 2.24) is 15.0 Å². The molecule has 0 spiro atoms. The molecule has 0 aliphatic rings. The van der Waals surface area contributed by atoms with Crippen LogP contribution in [0.4, 0.5) is 11.9 Å². The number of halogens is 1. The minimum atomic E-state index is -0.211. The van der Waals surface area contributed by atoms with Crippen molar-refractivity contribution in [3.63, 3.8) is 0 Å². The van der Waals surface area contributed by atoms with E-state index in [1.807, 2.05) is 6.92 Å². The molecule has 0 aliphatic carbocycles. The topological polar surface area (TPSA) is 79.8 Å². The summed E-state index contributed by atoms with van der Waals surface area (Å²) in [5.41, 5.74) is 1.13. The monoisotopic (exact) mass is 353 g/mol. The van der Waals surface area contributed by atoms with Crippen molar-refractivity contribution < 1.29 is 4.79 Å². The van der Waals surface area contributed by atoms with Crippen molar-refractivity contribution in [2.75, 3.05) is 10.6 Å². The Labute approximate surface area is 144 Å². The summed E-state index contributed by atoms with van der Waals surface area (Å²) in [5.74, 6) is 1.06. The molecule has 0 aromatic carbocycles. The van der Waals surface area contributed by atoms with Crippen LogP contribution in [0.5, 0.6) is 0 Å². The van der Waals surface area contributed by atoms with Gasteiger partial charge in [-0.25, -0.2) is 0 Å². The summed E-state index contributed by atoms with van der Waals surface area (Å²) >= 11 is 7.95. The average Bonchev–Trinajstić information content (AvgIpc) is 2.75. The molecule has 0 aliphatic heterocycles. The quantitative estimate of drug-likeness (QED) is 0.829. The maximum atomic E-state index is 11.1. The zero-order valence-electron chi connectivity index (χ0n) is 13.6. The van der Waals surface area contributed by atoms with Gasteiger partial charge in [-0.05, 0) is 44.6 Å². The van der Waals surface area contributed by atoms with Crippen LogP contribution in [0.1, 0.15) is 36.5 Å². The molecular weight excluding hydrogens is 334 g/mol. The second-order valence-electron chi connectivity index (χ2n) is 5.45. The summed E-state index contributed by atoms with van der Waals surface area (Å²) < 4.78 is 0. The maximum absolute atomic E-state index is 11.1. The first kappa shape index (κ1) is 17.6. The van der Waals surface area contributed by atoms with Crippen LogP contribution in [-0.4, -0.2) is 26.9 Å². The van der Waals surface area contributed by atoms with Crippen LogP contribution in [0.3, 0.4) is 0 Å². The van der Waals surface area contributed by atoms with Gasteiger partial charge in [-0.1, -0.05) is 11.6 Å². The number of amides is 1. The highest BCUT2D eigenvalue weighted by atomic mass is 35.5. The molecule has 8 heteroatoms. The third-order valence-electron chi connectivity index (χ3n) is 3.18. The van der Waals surface area contributed by atoms with Gasteiger partial charge in [0, 0.05) is 17.8 Å². The summed E-state index contributed by atoms with van der Waals surface area (Å²) in [6, 6.07) is 0.167. The van der Waals surface area contributed by atoms with Crippen molar-refractivity contribution in [2.24, 2.45) is 0 Å². The van der Waals surface area contributed by atoms with E-state index in [0.29, 0.717) is 11.8 Å². The Kier molecular flexibility index (Phi) is 5.90. The van der Waals surface area contributed by atoms with Crippen LogP contribution < -0.4 is 10.6 Å². The molecule has 1 unspecified atom stereocenters. The molecule has 0 radical (unpaired) electrons. The molecule has 2 N–H and O–H groups in total. The largest absolute Gasteiger partial charge is 0.352 e. The molecular formula is C15H20ClN5OS. The van der Waals surface area contributed by atoms with Crippen molar-refractivity contribution in [3.05, 3.63) is 26.7 Å².